The van der Waals surface area contributed by atoms with E-state index in [0.717, 1.165) is 56.3 Å². The number of aromatic amines is 1. The third kappa shape index (κ3) is 4.04. The van der Waals surface area contributed by atoms with Crippen LogP contribution >= 0.6 is 0 Å². The highest BCUT2D eigenvalue weighted by Gasteiger charge is 2.15. The van der Waals surface area contributed by atoms with Gasteiger partial charge < -0.3 is 10.3 Å². The third-order valence-electron chi connectivity index (χ3n) is 5.90. The molecule has 6 rings (SSSR count). The Balaban J connectivity index is 1.35. The number of aryl methyl sites for hydroxylation is 1. The van der Waals surface area contributed by atoms with Gasteiger partial charge in [-0.05, 0) is 67.1 Å². The summed E-state index contributed by atoms with van der Waals surface area (Å²) in [5.41, 5.74) is 6.78. The molecule has 0 spiro atoms. The summed E-state index contributed by atoms with van der Waals surface area (Å²) in [5.74, 6) is 1.19. The van der Waals surface area contributed by atoms with Crippen LogP contribution in [0.25, 0.3) is 39.0 Å². The fourth-order valence-electron chi connectivity index (χ4n) is 4.24. The normalized spacial score (nSPS) is 11.1. The Kier molecular flexibility index (Phi) is 5.07. The molecule has 6 nitrogen and oxygen atoms in total. The molecule has 3 heterocycles. The quantitative estimate of drug-likeness (QED) is 0.301. The molecular formula is C28H21FN6. The van der Waals surface area contributed by atoms with Crippen LogP contribution in [0.3, 0.4) is 0 Å². The molecule has 0 aliphatic carbocycles. The molecule has 0 saturated heterocycles. The van der Waals surface area contributed by atoms with Crippen molar-refractivity contribution >= 4 is 22.4 Å². The van der Waals surface area contributed by atoms with Crippen molar-refractivity contribution in [2.75, 3.05) is 5.32 Å². The maximum absolute atomic E-state index is 13.6. The Hall–Kier alpha value is -4.78. The highest BCUT2D eigenvalue weighted by Crippen LogP contribution is 2.38. The lowest BCUT2D eigenvalue weighted by atomic mass is 9.99. The van der Waals surface area contributed by atoms with E-state index in [9.17, 15) is 4.39 Å². The van der Waals surface area contributed by atoms with Crippen LogP contribution in [-0.4, -0.2) is 24.7 Å². The molecule has 0 fully saturated rings. The van der Waals surface area contributed by atoms with Gasteiger partial charge in [0, 0.05) is 33.9 Å². The fourth-order valence-corrected chi connectivity index (χ4v) is 4.24. The van der Waals surface area contributed by atoms with Gasteiger partial charge >= 0.3 is 0 Å². The van der Waals surface area contributed by atoms with E-state index < -0.39 is 0 Å². The minimum absolute atomic E-state index is 0.254. The number of fused-ring (bicyclic) bond motifs is 1. The van der Waals surface area contributed by atoms with E-state index in [1.165, 1.54) is 12.1 Å². The summed E-state index contributed by atoms with van der Waals surface area (Å²) in [7, 11) is 0. The van der Waals surface area contributed by atoms with Crippen molar-refractivity contribution in [3.63, 3.8) is 0 Å². The first-order chi connectivity index (χ1) is 17.1. The lowest BCUT2D eigenvalue weighted by Crippen LogP contribution is -1.97. The first kappa shape index (κ1) is 20.8. The SMILES string of the molecule is Cc1ncn(-c2ccc(Nc3cc(-c4[nH]c5ccccc5c4-c4ccc(F)cc4)ccn3)cc2)n1. The Bertz CT molecular complexity index is 1630. The van der Waals surface area contributed by atoms with Crippen LogP contribution in [0, 0.1) is 12.7 Å². The molecule has 0 aliphatic rings. The molecular weight excluding hydrogens is 439 g/mol. The number of para-hydroxylation sites is 1. The number of halogens is 1. The maximum Gasteiger partial charge on any atom is 0.147 e. The molecule has 0 bridgehead atoms. The number of rotatable bonds is 5. The van der Waals surface area contributed by atoms with Crippen LogP contribution in [0.15, 0.2) is 97.5 Å². The molecule has 2 N–H and O–H groups in total. The minimum atomic E-state index is -0.254. The number of nitrogens with one attached hydrogen (secondary N) is 2. The van der Waals surface area contributed by atoms with Crippen molar-refractivity contribution in [1.82, 2.24) is 24.7 Å². The lowest BCUT2D eigenvalue weighted by molar-refractivity contribution is 0.628. The van der Waals surface area contributed by atoms with Gasteiger partial charge in [0.1, 0.15) is 23.8 Å². The van der Waals surface area contributed by atoms with E-state index in [-0.39, 0.29) is 5.82 Å². The predicted molar refractivity (Wildman–Crippen MR) is 136 cm³/mol. The number of anilines is 2. The van der Waals surface area contributed by atoms with Gasteiger partial charge in [0.2, 0.25) is 0 Å². The topological polar surface area (TPSA) is 71.4 Å². The summed E-state index contributed by atoms with van der Waals surface area (Å²) in [4.78, 5) is 12.2. The van der Waals surface area contributed by atoms with Crippen molar-refractivity contribution in [3.05, 3.63) is 109 Å². The second-order valence-electron chi connectivity index (χ2n) is 8.27. The van der Waals surface area contributed by atoms with Crippen LogP contribution in [0.2, 0.25) is 0 Å². The van der Waals surface area contributed by atoms with E-state index in [4.69, 9.17) is 0 Å². The number of aromatic nitrogens is 5. The van der Waals surface area contributed by atoms with Crippen molar-refractivity contribution in [1.29, 1.82) is 0 Å². The van der Waals surface area contributed by atoms with Crippen LogP contribution in [-0.2, 0) is 0 Å². The molecule has 0 saturated carbocycles. The number of pyridine rings is 1. The third-order valence-corrected chi connectivity index (χ3v) is 5.90. The lowest BCUT2D eigenvalue weighted by Gasteiger charge is -2.10. The second kappa shape index (κ2) is 8.53. The molecule has 0 unspecified atom stereocenters. The van der Waals surface area contributed by atoms with Gasteiger partial charge in [-0.1, -0.05) is 30.3 Å². The highest BCUT2D eigenvalue weighted by molar-refractivity contribution is 6.03. The Morgan fingerprint density at radius 1 is 0.857 bits per heavy atom. The number of nitrogens with zero attached hydrogens (tertiary/aromatic N) is 4. The molecule has 170 valence electrons. The number of hydrogen-bond acceptors (Lipinski definition) is 4. The van der Waals surface area contributed by atoms with Gasteiger partial charge in [-0.15, -0.1) is 0 Å². The average molecular weight is 461 g/mol. The smallest absolute Gasteiger partial charge is 0.147 e. The fraction of sp³-hybridized carbons (Fsp3) is 0.0357. The van der Waals surface area contributed by atoms with Gasteiger partial charge in [-0.25, -0.2) is 19.0 Å². The van der Waals surface area contributed by atoms with Gasteiger partial charge in [-0.3, -0.25) is 0 Å². The van der Waals surface area contributed by atoms with E-state index in [0.29, 0.717) is 0 Å². The minimum Gasteiger partial charge on any atom is -0.354 e. The zero-order valence-corrected chi connectivity index (χ0v) is 18.9. The van der Waals surface area contributed by atoms with Crippen LogP contribution in [0.5, 0.6) is 0 Å². The first-order valence-corrected chi connectivity index (χ1v) is 11.2. The van der Waals surface area contributed by atoms with Crippen molar-refractivity contribution in [2.24, 2.45) is 0 Å². The van der Waals surface area contributed by atoms with Crippen LogP contribution < -0.4 is 5.32 Å². The van der Waals surface area contributed by atoms with Gasteiger partial charge in [0.25, 0.3) is 0 Å². The van der Waals surface area contributed by atoms with E-state index >= 15 is 0 Å². The molecule has 0 radical (unpaired) electrons. The molecule has 3 aromatic carbocycles. The summed E-state index contributed by atoms with van der Waals surface area (Å²) in [6.45, 7) is 1.86. The second-order valence-corrected chi connectivity index (χ2v) is 8.27. The molecule has 35 heavy (non-hydrogen) atoms. The average Bonchev–Trinajstić information content (AvgIpc) is 3.49. The summed E-state index contributed by atoms with van der Waals surface area (Å²) in [5, 5.41) is 8.81. The summed E-state index contributed by atoms with van der Waals surface area (Å²) in [6, 6.07) is 26.6. The largest absolute Gasteiger partial charge is 0.354 e. The zero-order valence-electron chi connectivity index (χ0n) is 18.9. The maximum atomic E-state index is 13.6. The zero-order chi connectivity index (χ0) is 23.8. The van der Waals surface area contributed by atoms with Crippen LogP contribution in [0.1, 0.15) is 5.82 Å². The predicted octanol–water partition coefficient (Wildman–Crippen LogP) is 6.67. The van der Waals surface area contributed by atoms with E-state index in [1.807, 2.05) is 73.7 Å². The van der Waals surface area contributed by atoms with E-state index in [2.05, 4.69) is 31.4 Å². The molecule has 6 aromatic rings. The summed E-state index contributed by atoms with van der Waals surface area (Å²) in [6.07, 6.45) is 3.48. The molecule has 3 aromatic heterocycles. The van der Waals surface area contributed by atoms with Crippen LogP contribution in [0.4, 0.5) is 15.9 Å². The molecule has 0 atom stereocenters. The van der Waals surface area contributed by atoms with Gasteiger partial charge in [-0.2, -0.15) is 5.10 Å². The van der Waals surface area contributed by atoms with E-state index in [1.54, 1.807) is 17.2 Å². The van der Waals surface area contributed by atoms with Crippen molar-refractivity contribution < 1.29 is 4.39 Å². The van der Waals surface area contributed by atoms with Crippen molar-refractivity contribution in [2.45, 2.75) is 6.92 Å². The number of benzene rings is 3. The van der Waals surface area contributed by atoms with Gasteiger partial charge in [0.05, 0.1) is 11.4 Å². The monoisotopic (exact) mass is 460 g/mol. The highest BCUT2D eigenvalue weighted by atomic mass is 19.1. The summed E-state index contributed by atoms with van der Waals surface area (Å²) >= 11 is 0. The Morgan fingerprint density at radius 3 is 2.43 bits per heavy atom. The first-order valence-electron chi connectivity index (χ1n) is 11.2. The Morgan fingerprint density at radius 2 is 1.66 bits per heavy atom. The molecule has 7 heteroatoms. The molecule has 0 amide bonds. The standard InChI is InChI=1S/C28H21FN6/c1-18-31-17-35(34-18)23-12-10-22(11-13-23)32-26-16-20(14-15-30-26)28-27(19-6-8-21(29)9-7-19)24-4-2-3-5-25(24)33-28/h2-17,33H,1H3,(H,30,32). The Labute approximate surface area is 201 Å². The summed E-state index contributed by atoms with van der Waals surface area (Å²) < 4.78 is 15.4. The van der Waals surface area contributed by atoms with Gasteiger partial charge in [0.15, 0.2) is 0 Å². The van der Waals surface area contributed by atoms with Crippen molar-refractivity contribution in [3.8, 4) is 28.1 Å². The molecule has 0 aliphatic heterocycles. The number of hydrogen-bond donors (Lipinski definition) is 2. The number of H-pyrrole nitrogens is 1.